The number of aromatic nitrogens is 1. The van der Waals surface area contributed by atoms with Crippen molar-refractivity contribution in [3.8, 4) is 5.75 Å². The third-order valence-corrected chi connectivity index (χ3v) is 5.55. The van der Waals surface area contributed by atoms with Crippen molar-refractivity contribution in [3.05, 3.63) is 27.9 Å². The molecule has 1 fully saturated rings. The number of likely N-dealkylation sites (tertiary alicyclic amines) is 1. The lowest BCUT2D eigenvalue weighted by molar-refractivity contribution is 0.0357. The van der Waals surface area contributed by atoms with E-state index < -0.39 is 5.60 Å². The number of aromatic amines is 1. The monoisotopic (exact) mass is 398 g/mol. The molecule has 0 radical (unpaired) electrons. The number of H-pyrrole nitrogens is 1. The number of methoxy groups -OCH3 is 1. The van der Waals surface area contributed by atoms with Gasteiger partial charge in [-0.15, -0.1) is 0 Å². The number of nitrogens with zero attached hydrogens (tertiary/aromatic N) is 1. The molecule has 1 aliphatic heterocycles. The summed E-state index contributed by atoms with van der Waals surface area (Å²) in [4.78, 5) is 17.8. The first-order valence-corrected chi connectivity index (χ1v) is 9.51. The Bertz CT molecular complexity index is 818. The zero-order valence-electron chi connectivity index (χ0n) is 15.2. The highest BCUT2D eigenvalue weighted by Crippen LogP contribution is 2.39. The van der Waals surface area contributed by atoms with Gasteiger partial charge in [0.25, 0.3) is 5.91 Å². The first kappa shape index (κ1) is 19.3. The molecule has 1 saturated heterocycles. The number of carbonyl (C=O) groups is 1. The fourth-order valence-electron chi connectivity index (χ4n) is 3.70. The second-order valence-electron chi connectivity index (χ2n) is 7.60. The highest BCUT2D eigenvalue weighted by Gasteiger charge is 2.28. The minimum Gasteiger partial charge on any atom is -0.494 e. The molecule has 0 aliphatic carbocycles. The molecule has 142 valence electrons. The number of nitrogens with one attached hydrogen (secondary N) is 1. The minimum atomic E-state index is -0.664. The van der Waals surface area contributed by atoms with Gasteiger partial charge in [-0.05, 0) is 51.2 Å². The quantitative estimate of drug-likeness (QED) is 0.796. The van der Waals surface area contributed by atoms with Gasteiger partial charge in [0.1, 0.15) is 5.69 Å². The molecule has 1 aliphatic rings. The van der Waals surface area contributed by atoms with Crippen LogP contribution in [0.15, 0.2) is 12.1 Å². The standard InChI is InChI=1S/C19H24Cl2N2O3/c1-19(2,25)10-11-4-6-23(7-5-11)18(24)15-8-12-14(22-15)9-13(20)17(26-3)16(12)21/h8-9,11,22,25H,4-7,10H2,1-3H3. The second kappa shape index (κ2) is 7.29. The van der Waals surface area contributed by atoms with Crippen LogP contribution in [-0.4, -0.2) is 46.7 Å². The summed E-state index contributed by atoms with van der Waals surface area (Å²) in [5.74, 6) is 0.805. The Morgan fingerprint density at radius 2 is 2.00 bits per heavy atom. The molecule has 2 heterocycles. The van der Waals surface area contributed by atoms with Crippen molar-refractivity contribution in [3.63, 3.8) is 0 Å². The van der Waals surface area contributed by atoms with Crippen LogP contribution in [-0.2, 0) is 0 Å². The van der Waals surface area contributed by atoms with Crippen LogP contribution in [0.2, 0.25) is 10.0 Å². The van der Waals surface area contributed by atoms with E-state index >= 15 is 0 Å². The minimum absolute atomic E-state index is 0.0472. The third-order valence-electron chi connectivity index (χ3n) is 4.90. The summed E-state index contributed by atoms with van der Waals surface area (Å²) in [6.45, 7) is 5.04. The molecule has 0 saturated carbocycles. The summed E-state index contributed by atoms with van der Waals surface area (Å²) in [5, 5.41) is 11.5. The van der Waals surface area contributed by atoms with Crippen LogP contribution in [0.3, 0.4) is 0 Å². The van der Waals surface area contributed by atoms with E-state index in [4.69, 9.17) is 27.9 Å². The average molecular weight is 399 g/mol. The fraction of sp³-hybridized carbons (Fsp3) is 0.526. The maximum Gasteiger partial charge on any atom is 0.270 e. The van der Waals surface area contributed by atoms with Gasteiger partial charge in [-0.2, -0.15) is 0 Å². The van der Waals surface area contributed by atoms with Crippen molar-refractivity contribution in [1.29, 1.82) is 0 Å². The van der Waals surface area contributed by atoms with Gasteiger partial charge in [-0.3, -0.25) is 4.79 Å². The molecule has 26 heavy (non-hydrogen) atoms. The molecular weight excluding hydrogens is 375 g/mol. The number of halogens is 2. The number of ether oxygens (including phenoxy) is 1. The normalized spacial score (nSPS) is 16.3. The zero-order valence-corrected chi connectivity index (χ0v) is 16.7. The van der Waals surface area contributed by atoms with E-state index in [1.54, 1.807) is 12.1 Å². The summed E-state index contributed by atoms with van der Waals surface area (Å²) in [6, 6.07) is 3.47. The molecule has 0 atom stereocenters. The molecule has 3 rings (SSSR count). The molecule has 2 aromatic rings. The first-order chi connectivity index (χ1) is 12.2. The molecule has 5 nitrogen and oxygen atoms in total. The molecule has 2 N–H and O–H groups in total. The van der Waals surface area contributed by atoms with Crippen LogP contribution in [0.4, 0.5) is 0 Å². The Hall–Kier alpha value is -1.43. The Morgan fingerprint density at radius 1 is 1.35 bits per heavy atom. The van der Waals surface area contributed by atoms with Crippen LogP contribution in [0.25, 0.3) is 10.9 Å². The number of piperidine rings is 1. The van der Waals surface area contributed by atoms with Crippen LogP contribution in [0.1, 0.15) is 43.6 Å². The number of benzene rings is 1. The first-order valence-electron chi connectivity index (χ1n) is 8.76. The summed E-state index contributed by atoms with van der Waals surface area (Å²) in [6.07, 6.45) is 2.56. The molecule has 0 bridgehead atoms. The lowest BCUT2D eigenvalue weighted by Crippen LogP contribution is -2.40. The maximum absolute atomic E-state index is 12.8. The Kier molecular flexibility index (Phi) is 5.42. The molecule has 1 amide bonds. The Morgan fingerprint density at radius 3 is 2.58 bits per heavy atom. The van der Waals surface area contributed by atoms with Crippen molar-refractivity contribution in [2.75, 3.05) is 20.2 Å². The average Bonchev–Trinajstić information content (AvgIpc) is 2.98. The van der Waals surface area contributed by atoms with Gasteiger partial charge in [0.2, 0.25) is 0 Å². The summed E-state index contributed by atoms with van der Waals surface area (Å²) < 4.78 is 5.23. The number of hydrogen-bond acceptors (Lipinski definition) is 3. The van der Waals surface area contributed by atoms with E-state index in [1.165, 1.54) is 7.11 Å². The van der Waals surface area contributed by atoms with Crippen molar-refractivity contribution in [2.45, 2.75) is 38.7 Å². The number of fused-ring (bicyclic) bond motifs is 1. The third kappa shape index (κ3) is 3.95. The molecule has 0 unspecified atom stereocenters. The molecular formula is C19H24Cl2N2O3. The van der Waals surface area contributed by atoms with Gasteiger partial charge < -0.3 is 19.7 Å². The van der Waals surface area contributed by atoms with E-state index in [0.717, 1.165) is 19.3 Å². The molecule has 1 aromatic carbocycles. The van der Waals surface area contributed by atoms with E-state index in [-0.39, 0.29) is 5.91 Å². The lowest BCUT2D eigenvalue weighted by Gasteiger charge is -2.34. The van der Waals surface area contributed by atoms with Gasteiger partial charge in [0.05, 0.1) is 22.8 Å². The van der Waals surface area contributed by atoms with Gasteiger partial charge in [-0.1, -0.05) is 23.2 Å². The number of hydrogen-bond donors (Lipinski definition) is 2. The molecule has 0 spiro atoms. The largest absolute Gasteiger partial charge is 0.494 e. The Balaban J connectivity index is 1.76. The highest BCUT2D eigenvalue weighted by atomic mass is 35.5. The number of amides is 1. The predicted molar refractivity (Wildman–Crippen MR) is 104 cm³/mol. The lowest BCUT2D eigenvalue weighted by atomic mass is 9.86. The number of rotatable bonds is 4. The molecule has 1 aromatic heterocycles. The zero-order chi connectivity index (χ0) is 19.1. The van der Waals surface area contributed by atoms with Crippen molar-refractivity contribution >= 4 is 40.0 Å². The van der Waals surface area contributed by atoms with Crippen LogP contribution in [0, 0.1) is 5.92 Å². The van der Waals surface area contributed by atoms with Crippen molar-refractivity contribution in [2.24, 2.45) is 5.92 Å². The van der Waals surface area contributed by atoms with Gasteiger partial charge >= 0.3 is 0 Å². The van der Waals surface area contributed by atoms with Crippen LogP contribution >= 0.6 is 23.2 Å². The van der Waals surface area contributed by atoms with E-state index in [2.05, 4.69) is 4.98 Å². The van der Waals surface area contributed by atoms with Crippen molar-refractivity contribution in [1.82, 2.24) is 9.88 Å². The molecule has 7 heteroatoms. The summed E-state index contributed by atoms with van der Waals surface area (Å²) in [5.41, 5.74) is 0.538. The smallest absolute Gasteiger partial charge is 0.270 e. The maximum atomic E-state index is 12.8. The summed E-state index contributed by atoms with van der Waals surface area (Å²) in [7, 11) is 1.51. The summed E-state index contributed by atoms with van der Waals surface area (Å²) >= 11 is 12.5. The SMILES string of the molecule is COc1c(Cl)cc2[nH]c(C(=O)N3CCC(CC(C)(C)O)CC3)cc2c1Cl. The highest BCUT2D eigenvalue weighted by molar-refractivity contribution is 6.41. The Labute approximate surface area is 163 Å². The van der Waals surface area contributed by atoms with Gasteiger partial charge in [0.15, 0.2) is 5.75 Å². The predicted octanol–water partition coefficient (Wildman–Crippen LogP) is 4.50. The second-order valence-corrected chi connectivity index (χ2v) is 8.39. The van der Waals surface area contributed by atoms with Gasteiger partial charge in [0, 0.05) is 24.0 Å². The van der Waals surface area contributed by atoms with Crippen LogP contribution < -0.4 is 4.74 Å². The fourth-order valence-corrected chi connectivity index (χ4v) is 4.37. The van der Waals surface area contributed by atoms with Crippen molar-refractivity contribution < 1.29 is 14.6 Å². The van der Waals surface area contributed by atoms with E-state index in [9.17, 15) is 9.90 Å². The topological polar surface area (TPSA) is 65.6 Å². The van der Waals surface area contributed by atoms with E-state index in [0.29, 0.717) is 51.4 Å². The van der Waals surface area contributed by atoms with Crippen LogP contribution in [0.5, 0.6) is 5.75 Å². The van der Waals surface area contributed by atoms with E-state index in [1.807, 2.05) is 18.7 Å². The van der Waals surface area contributed by atoms with Gasteiger partial charge in [-0.25, -0.2) is 0 Å². The number of carbonyl (C=O) groups excluding carboxylic acids is 1. The number of aliphatic hydroxyl groups is 1.